The summed E-state index contributed by atoms with van der Waals surface area (Å²) in [6.45, 7) is 3.11. The first-order valence-corrected chi connectivity index (χ1v) is 6.68. The van der Waals surface area contributed by atoms with Gasteiger partial charge in [-0.25, -0.2) is 4.98 Å². The van der Waals surface area contributed by atoms with Gasteiger partial charge in [0.1, 0.15) is 5.82 Å². The molecule has 1 aliphatic rings. The standard InChI is InChI=1S/C14H22N4/c1-11-4-5-12(9-15)13(8-11)18(3)10-14-16-6-7-17(14)2/h6-7,11-13H,4-5,8,10H2,1-3H3. The second-order valence-corrected chi connectivity index (χ2v) is 5.59. The van der Waals surface area contributed by atoms with Gasteiger partial charge < -0.3 is 4.57 Å². The average molecular weight is 246 g/mol. The van der Waals surface area contributed by atoms with Crippen molar-refractivity contribution in [2.45, 2.75) is 38.8 Å². The van der Waals surface area contributed by atoms with Gasteiger partial charge in [0, 0.05) is 25.5 Å². The molecule has 3 unspecified atom stereocenters. The summed E-state index contributed by atoms with van der Waals surface area (Å²) < 4.78 is 2.05. The lowest BCUT2D eigenvalue weighted by atomic mass is 9.79. The molecule has 1 saturated carbocycles. The van der Waals surface area contributed by atoms with E-state index in [1.54, 1.807) is 0 Å². The summed E-state index contributed by atoms with van der Waals surface area (Å²) in [5.74, 6) is 1.96. The fraction of sp³-hybridized carbons (Fsp3) is 0.714. The fourth-order valence-corrected chi connectivity index (χ4v) is 2.88. The van der Waals surface area contributed by atoms with Gasteiger partial charge in [-0.15, -0.1) is 0 Å². The molecule has 1 fully saturated rings. The second-order valence-electron chi connectivity index (χ2n) is 5.59. The highest BCUT2D eigenvalue weighted by atomic mass is 15.2. The minimum absolute atomic E-state index is 0.173. The van der Waals surface area contributed by atoms with Crippen LogP contribution in [0.2, 0.25) is 0 Å². The average Bonchev–Trinajstić information content (AvgIpc) is 2.75. The van der Waals surface area contributed by atoms with Gasteiger partial charge in [0.05, 0.1) is 18.5 Å². The summed E-state index contributed by atoms with van der Waals surface area (Å²) in [4.78, 5) is 6.66. The third-order valence-electron chi connectivity index (χ3n) is 4.12. The number of aryl methyl sites for hydroxylation is 1. The van der Waals surface area contributed by atoms with Crippen molar-refractivity contribution in [2.75, 3.05) is 7.05 Å². The molecule has 98 valence electrons. The van der Waals surface area contributed by atoms with Gasteiger partial charge in [-0.05, 0) is 32.2 Å². The van der Waals surface area contributed by atoms with Gasteiger partial charge in [-0.1, -0.05) is 6.92 Å². The summed E-state index contributed by atoms with van der Waals surface area (Å²) in [7, 11) is 4.13. The van der Waals surface area contributed by atoms with Crippen LogP contribution in [0.4, 0.5) is 0 Å². The fourth-order valence-electron chi connectivity index (χ4n) is 2.88. The highest BCUT2D eigenvalue weighted by molar-refractivity contribution is 4.98. The molecule has 0 N–H and O–H groups in total. The molecule has 0 spiro atoms. The van der Waals surface area contributed by atoms with Gasteiger partial charge in [-0.3, -0.25) is 4.90 Å². The third-order valence-corrected chi connectivity index (χ3v) is 4.12. The lowest BCUT2D eigenvalue weighted by molar-refractivity contribution is 0.121. The van der Waals surface area contributed by atoms with Gasteiger partial charge in [-0.2, -0.15) is 5.26 Å². The Kier molecular flexibility index (Phi) is 4.03. The molecule has 1 aromatic heterocycles. The van der Waals surface area contributed by atoms with E-state index in [1.165, 1.54) is 6.42 Å². The van der Waals surface area contributed by atoms with Gasteiger partial charge in [0.2, 0.25) is 0 Å². The zero-order chi connectivity index (χ0) is 13.1. The summed E-state index contributed by atoms with van der Waals surface area (Å²) in [6.07, 6.45) is 7.14. The van der Waals surface area contributed by atoms with E-state index < -0.39 is 0 Å². The Balaban J connectivity index is 2.04. The summed E-state index contributed by atoms with van der Waals surface area (Å²) in [6, 6.07) is 2.85. The number of imidazole rings is 1. The monoisotopic (exact) mass is 246 g/mol. The Labute approximate surface area is 109 Å². The number of nitrogens with zero attached hydrogens (tertiary/aromatic N) is 4. The van der Waals surface area contributed by atoms with Crippen LogP contribution in [-0.2, 0) is 13.6 Å². The molecule has 2 rings (SSSR count). The van der Waals surface area contributed by atoms with Crippen LogP contribution in [0.15, 0.2) is 12.4 Å². The maximum absolute atomic E-state index is 9.28. The predicted molar refractivity (Wildman–Crippen MR) is 70.6 cm³/mol. The van der Waals surface area contributed by atoms with Crippen LogP contribution in [0.25, 0.3) is 0 Å². The maximum atomic E-state index is 9.28. The lowest BCUT2D eigenvalue weighted by Crippen LogP contribution is -2.41. The molecular weight excluding hydrogens is 224 g/mol. The molecule has 18 heavy (non-hydrogen) atoms. The van der Waals surface area contributed by atoms with Crippen LogP contribution in [-0.4, -0.2) is 27.5 Å². The van der Waals surface area contributed by atoms with Crippen LogP contribution in [0.3, 0.4) is 0 Å². The highest BCUT2D eigenvalue weighted by Crippen LogP contribution is 2.31. The molecule has 0 aliphatic heterocycles. The van der Waals surface area contributed by atoms with Crippen molar-refractivity contribution in [1.82, 2.24) is 14.5 Å². The second kappa shape index (κ2) is 5.53. The minimum atomic E-state index is 0.173. The van der Waals surface area contributed by atoms with Crippen molar-refractivity contribution in [3.8, 4) is 6.07 Å². The summed E-state index contributed by atoms with van der Waals surface area (Å²) in [5, 5.41) is 9.28. The van der Waals surface area contributed by atoms with E-state index in [0.717, 1.165) is 31.1 Å². The molecule has 0 saturated heterocycles. The van der Waals surface area contributed by atoms with E-state index in [1.807, 2.05) is 24.0 Å². The Hall–Kier alpha value is -1.34. The first-order valence-electron chi connectivity index (χ1n) is 6.68. The molecule has 0 radical (unpaired) electrons. The minimum Gasteiger partial charge on any atom is -0.337 e. The normalized spacial score (nSPS) is 28.3. The summed E-state index contributed by atoms with van der Waals surface area (Å²) in [5.41, 5.74) is 0. The zero-order valence-corrected chi connectivity index (χ0v) is 11.5. The third kappa shape index (κ3) is 2.73. The molecule has 4 heteroatoms. The van der Waals surface area contributed by atoms with E-state index in [4.69, 9.17) is 0 Å². The van der Waals surface area contributed by atoms with Crippen molar-refractivity contribution < 1.29 is 0 Å². The predicted octanol–water partition coefficient (Wildman–Crippen LogP) is 2.18. The maximum Gasteiger partial charge on any atom is 0.122 e. The lowest BCUT2D eigenvalue weighted by Gasteiger charge is -2.37. The first kappa shape index (κ1) is 13.1. The SMILES string of the molecule is CC1CCC(C#N)C(N(C)Cc2nccn2C)C1. The van der Waals surface area contributed by atoms with Crippen molar-refractivity contribution in [3.63, 3.8) is 0 Å². The van der Waals surface area contributed by atoms with E-state index in [9.17, 15) is 5.26 Å². The number of nitriles is 1. The van der Waals surface area contributed by atoms with E-state index in [-0.39, 0.29) is 5.92 Å². The first-order chi connectivity index (χ1) is 8.61. The summed E-state index contributed by atoms with van der Waals surface area (Å²) >= 11 is 0. The molecule has 0 amide bonds. The smallest absolute Gasteiger partial charge is 0.122 e. The van der Waals surface area contributed by atoms with Gasteiger partial charge in [0.25, 0.3) is 0 Å². The van der Waals surface area contributed by atoms with Crippen LogP contribution < -0.4 is 0 Å². The van der Waals surface area contributed by atoms with E-state index >= 15 is 0 Å². The van der Waals surface area contributed by atoms with Crippen LogP contribution >= 0.6 is 0 Å². The Bertz CT molecular complexity index is 431. The molecule has 3 atom stereocenters. The molecule has 1 aliphatic carbocycles. The quantitative estimate of drug-likeness (QED) is 0.821. The Morgan fingerprint density at radius 1 is 1.56 bits per heavy atom. The molecular formula is C14H22N4. The Morgan fingerprint density at radius 3 is 2.94 bits per heavy atom. The van der Waals surface area contributed by atoms with Crippen molar-refractivity contribution in [2.24, 2.45) is 18.9 Å². The number of hydrogen-bond acceptors (Lipinski definition) is 3. The van der Waals surface area contributed by atoms with Gasteiger partial charge in [0.15, 0.2) is 0 Å². The number of rotatable bonds is 3. The van der Waals surface area contributed by atoms with Crippen LogP contribution in [0, 0.1) is 23.2 Å². The van der Waals surface area contributed by atoms with Crippen LogP contribution in [0.1, 0.15) is 32.0 Å². The Morgan fingerprint density at radius 2 is 2.33 bits per heavy atom. The van der Waals surface area contributed by atoms with Gasteiger partial charge >= 0.3 is 0 Å². The topological polar surface area (TPSA) is 44.9 Å². The zero-order valence-electron chi connectivity index (χ0n) is 11.5. The van der Waals surface area contributed by atoms with Crippen LogP contribution in [0.5, 0.6) is 0 Å². The molecule has 4 nitrogen and oxygen atoms in total. The van der Waals surface area contributed by atoms with E-state index in [0.29, 0.717) is 6.04 Å². The largest absolute Gasteiger partial charge is 0.337 e. The highest BCUT2D eigenvalue weighted by Gasteiger charge is 2.31. The molecule has 0 bridgehead atoms. The van der Waals surface area contributed by atoms with Crippen molar-refractivity contribution in [1.29, 1.82) is 5.26 Å². The van der Waals surface area contributed by atoms with E-state index in [2.05, 4.69) is 29.9 Å². The number of hydrogen-bond donors (Lipinski definition) is 0. The molecule has 1 heterocycles. The molecule has 1 aromatic rings. The van der Waals surface area contributed by atoms with Crippen molar-refractivity contribution in [3.05, 3.63) is 18.2 Å². The molecule has 0 aromatic carbocycles. The number of aromatic nitrogens is 2. The van der Waals surface area contributed by atoms with Crippen molar-refractivity contribution >= 4 is 0 Å².